The summed E-state index contributed by atoms with van der Waals surface area (Å²) in [5.74, 6) is 0.875. The molecule has 1 aromatic carbocycles. The van der Waals surface area contributed by atoms with Crippen molar-refractivity contribution in [2.24, 2.45) is 5.92 Å². The van der Waals surface area contributed by atoms with Gasteiger partial charge in [0, 0.05) is 19.5 Å². The molecule has 1 amide bonds. The van der Waals surface area contributed by atoms with E-state index in [0.29, 0.717) is 24.4 Å². The summed E-state index contributed by atoms with van der Waals surface area (Å²) in [5.41, 5.74) is 1.77. The number of nitrogens with zero attached hydrogens (tertiary/aromatic N) is 2. The van der Waals surface area contributed by atoms with Crippen LogP contribution in [-0.4, -0.2) is 17.4 Å². The molecule has 3 nitrogen and oxygen atoms in total. The maximum Gasteiger partial charge on any atom is 0.223 e. The van der Waals surface area contributed by atoms with Crippen LogP contribution in [0.25, 0.3) is 0 Å². The van der Waals surface area contributed by atoms with Crippen LogP contribution >= 0.6 is 0 Å². The molecule has 1 aliphatic carbocycles. The Morgan fingerprint density at radius 1 is 1.23 bits per heavy atom. The highest BCUT2D eigenvalue weighted by Crippen LogP contribution is 2.27. The molecular formula is C19H26N2O. The second-order valence-electron chi connectivity index (χ2n) is 6.33. The molecule has 118 valence electrons. The number of hydrogen-bond acceptors (Lipinski definition) is 2. The first-order valence-electron chi connectivity index (χ1n) is 8.49. The van der Waals surface area contributed by atoms with Crippen molar-refractivity contribution in [1.82, 2.24) is 4.90 Å². The van der Waals surface area contributed by atoms with Crippen molar-refractivity contribution < 1.29 is 4.79 Å². The fraction of sp³-hybridized carbons (Fsp3) is 0.579. The van der Waals surface area contributed by atoms with E-state index in [4.69, 9.17) is 5.26 Å². The predicted octanol–water partition coefficient (Wildman–Crippen LogP) is 4.27. The molecule has 0 radical (unpaired) electrons. The Bertz CT molecular complexity index is 509. The molecule has 1 saturated carbocycles. The largest absolute Gasteiger partial charge is 0.338 e. The molecule has 0 atom stereocenters. The van der Waals surface area contributed by atoms with Gasteiger partial charge in [-0.15, -0.1) is 0 Å². The summed E-state index contributed by atoms with van der Waals surface area (Å²) in [4.78, 5) is 14.6. The lowest BCUT2D eigenvalue weighted by molar-refractivity contribution is -0.133. The Hall–Kier alpha value is -1.82. The van der Waals surface area contributed by atoms with E-state index >= 15 is 0 Å². The van der Waals surface area contributed by atoms with Gasteiger partial charge in [-0.05, 0) is 42.9 Å². The molecule has 0 spiro atoms. The smallest absolute Gasteiger partial charge is 0.223 e. The Balaban J connectivity index is 1.95. The number of hydrogen-bond donors (Lipinski definition) is 0. The maximum atomic E-state index is 12.6. The molecule has 3 heteroatoms. The van der Waals surface area contributed by atoms with Crippen LogP contribution in [0.5, 0.6) is 0 Å². The van der Waals surface area contributed by atoms with E-state index in [1.54, 1.807) is 0 Å². The second kappa shape index (κ2) is 8.58. The van der Waals surface area contributed by atoms with Crippen molar-refractivity contribution in [2.75, 3.05) is 6.54 Å². The molecule has 0 heterocycles. The first-order chi connectivity index (χ1) is 10.7. The molecule has 1 aromatic rings. The summed E-state index contributed by atoms with van der Waals surface area (Å²) in [6, 6.07) is 9.68. The summed E-state index contributed by atoms with van der Waals surface area (Å²) < 4.78 is 0. The van der Waals surface area contributed by atoms with Gasteiger partial charge in [0.05, 0.1) is 11.6 Å². The van der Waals surface area contributed by atoms with E-state index in [-0.39, 0.29) is 5.91 Å². The molecule has 0 aliphatic heterocycles. The lowest BCUT2D eigenvalue weighted by atomic mass is 9.86. The minimum absolute atomic E-state index is 0.290. The fourth-order valence-corrected chi connectivity index (χ4v) is 3.23. The van der Waals surface area contributed by atoms with Crippen molar-refractivity contribution >= 4 is 5.91 Å². The van der Waals surface area contributed by atoms with E-state index in [1.165, 1.54) is 32.1 Å². The van der Waals surface area contributed by atoms with Crippen molar-refractivity contribution in [3.05, 3.63) is 35.4 Å². The molecule has 1 fully saturated rings. The van der Waals surface area contributed by atoms with Crippen molar-refractivity contribution in [3.8, 4) is 6.07 Å². The van der Waals surface area contributed by atoms with Gasteiger partial charge >= 0.3 is 0 Å². The zero-order chi connectivity index (χ0) is 15.8. The minimum atomic E-state index is 0.290. The number of amides is 1. The normalized spacial score (nSPS) is 15.3. The van der Waals surface area contributed by atoms with Gasteiger partial charge in [0.15, 0.2) is 0 Å². The van der Waals surface area contributed by atoms with Crippen LogP contribution in [-0.2, 0) is 11.3 Å². The van der Waals surface area contributed by atoms with Gasteiger partial charge in [-0.25, -0.2) is 0 Å². The number of carbonyl (C=O) groups is 1. The first-order valence-corrected chi connectivity index (χ1v) is 8.49. The number of carbonyl (C=O) groups excluding carboxylic acids is 1. The van der Waals surface area contributed by atoms with Crippen LogP contribution in [0.4, 0.5) is 0 Å². The summed E-state index contributed by atoms with van der Waals surface area (Å²) >= 11 is 0. The van der Waals surface area contributed by atoms with Crippen LogP contribution in [0, 0.1) is 17.2 Å². The molecule has 0 bridgehead atoms. The van der Waals surface area contributed by atoms with E-state index in [2.05, 4.69) is 13.0 Å². The fourth-order valence-electron chi connectivity index (χ4n) is 3.23. The lowest BCUT2D eigenvalue weighted by Crippen LogP contribution is -2.33. The van der Waals surface area contributed by atoms with Gasteiger partial charge in [-0.1, -0.05) is 38.3 Å². The number of rotatable bonds is 6. The zero-order valence-corrected chi connectivity index (χ0v) is 13.6. The average Bonchev–Trinajstić information content (AvgIpc) is 2.56. The lowest BCUT2D eigenvalue weighted by Gasteiger charge is -2.27. The van der Waals surface area contributed by atoms with Gasteiger partial charge in [0.1, 0.15) is 0 Å². The van der Waals surface area contributed by atoms with Gasteiger partial charge in [-0.3, -0.25) is 4.79 Å². The third-order valence-corrected chi connectivity index (χ3v) is 4.49. The summed E-state index contributed by atoms with van der Waals surface area (Å²) in [6.07, 6.45) is 7.99. The minimum Gasteiger partial charge on any atom is -0.338 e. The summed E-state index contributed by atoms with van der Waals surface area (Å²) in [7, 11) is 0. The molecular weight excluding hydrogens is 272 g/mol. The van der Waals surface area contributed by atoms with Crippen molar-refractivity contribution in [1.29, 1.82) is 5.26 Å². The van der Waals surface area contributed by atoms with E-state index in [0.717, 1.165) is 18.5 Å². The standard InChI is InChI=1S/C19H26N2O/c1-2-12-21(15-18-10-8-17(14-20)9-11-18)19(22)13-16-6-4-3-5-7-16/h8-11,16H,2-7,12-13,15H2,1H3. The molecule has 1 aliphatic rings. The topological polar surface area (TPSA) is 44.1 Å². The molecule has 0 saturated heterocycles. The Morgan fingerprint density at radius 2 is 1.91 bits per heavy atom. The highest BCUT2D eigenvalue weighted by atomic mass is 16.2. The van der Waals surface area contributed by atoms with Gasteiger partial charge < -0.3 is 4.90 Å². The van der Waals surface area contributed by atoms with E-state index < -0.39 is 0 Å². The highest BCUT2D eigenvalue weighted by Gasteiger charge is 2.20. The zero-order valence-electron chi connectivity index (χ0n) is 13.6. The Kier molecular flexibility index (Phi) is 6.45. The van der Waals surface area contributed by atoms with Gasteiger partial charge in [-0.2, -0.15) is 5.26 Å². The maximum absolute atomic E-state index is 12.6. The Labute approximate surface area is 133 Å². The predicted molar refractivity (Wildman–Crippen MR) is 88.1 cm³/mol. The van der Waals surface area contributed by atoms with E-state index in [9.17, 15) is 4.79 Å². The summed E-state index contributed by atoms with van der Waals surface area (Å²) in [6.45, 7) is 3.58. The number of nitriles is 1. The summed E-state index contributed by atoms with van der Waals surface area (Å²) in [5, 5.41) is 8.85. The molecule has 22 heavy (non-hydrogen) atoms. The average molecular weight is 298 g/mol. The van der Waals surface area contributed by atoms with Crippen LogP contribution < -0.4 is 0 Å². The SMILES string of the molecule is CCCN(Cc1ccc(C#N)cc1)C(=O)CC1CCCCC1. The molecule has 0 unspecified atom stereocenters. The van der Waals surface area contributed by atoms with Crippen LogP contribution in [0.15, 0.2) is 24.3 Å². The quantitative estimate of drug-likeness (QED) is 0.787. The molecule has 0 N–H and O–H groups in total. The van der Waals surface area contributed by atoms with Gasteiger partial charge in [0.25, 0.3) is 0 Å². The molecule has 2 rings (SSSR count). The molecule has 0 aromatic heterocycles. The highest BCUT2D eigenvalue weighted by molar-refractivity contribution is 5.76. The van der Waals surface area contributed by atoms with Crippen LogP contribution in [0.1, 0.15) is 63.0 Å². The van der Waals surface area contributed by atoms with Crippen molar-refractivity contribution in [2.45, 2.75) is 58.4 Å². The van der Waals surface area contributed by atoms with Crippen LogP contribution in [0.3, 0.4) is 0 Å². The third-order valence-electron chi connectivity index (χ3n) is 4.49. The third kappa shape index (κ3) is 4.87. The van der Waals surface area contributed by atoms with E-state index in [1.807, 2.05) is 29.2 Å². The van der Waals surface area contributed by atoms with Gasteiger partial charge in [0.2, 0.25) is 5.91 Å². The van der Waals surface area contributed by atoms with Crippen LogP contribution in [0.2, 0.25) is 0 Å². The second-order valence-corrected chi connectivity index (χ2v) is 6.33. The monoisotopic (exact) mass is 298 g/mol. The number of benzene rings is 1. The Morgan fingerprint density at radius 3 is 2.50 bits per heavy atom. The first kappa shape index (κ1) is 16.5. The van der Waals surface area contributed by atoms with Crippen molar-refractivity contribution in [3.63, 3.8) is 0 Å².